The van der Waals surface area contributed by atoms with E-state index >= 15 is 0 Å². The van der Waals surface area contributed by atoms with E-state index in [2.05, 4.69) is 4.90 Å². The maximum atomic E-state index is 9.08. The smallest absolute Gasteiger partial charge is 0.0771 e. The zero-order valence-corrected chi connectivity index (χ0v) is 7.71. The molecule has 1 atom stereocenters. The third-order valence-corrected chi connectivity index (χ3v) is 1.46. The van der Waals surface area contributed by atoms with Gasteiger partial charge in [0.2, 0.25) is 0 Å². The van der Waals surface area contributed by atoms with E-state index in [-0.39, 0.29) is 6.10 Å². The quantitative estimate of drug-likeness (QED) is 0.570. The van der Waals surface area contributed by atoms with Crippen molar-refractivity contribution in [3.8, 4) is 0 Å². The predicted octanol–water partition coefficient (Wildman–Crippen LogP) is 0.335. The van der Waals surface area contributed by atoms with E-state index in [0.717, 1.165) is 13.0 Å². The van der Waals surface area contributed by atoms with Gasteiger partial charge in [0.25, 0.3) is 0 Å². The molecule has 0 saturated carbocycles. The molecule has 0 aromatic rings. The zero-order chi connectivity index (χ0) is 8.69. The van der Waals surface area contributed by atoms with E-state index in [4.69, 9.17) is 9.84 Å². The summed E-state index contributed by atoms with van der Waals surface area (Å²) >= 11 is 0. The number of aliphatic hydroxyl groups excluding tert-OH is 1. The van der Waals surface area contributed by atoms with E-state index in [1.54, 1.807) is 0 Å². The van der Waals surface area contributed by atoms with E-state index in [9.17, 15) is 0 Å². The number of nitrogens with zero attached hydrogens (tertiary/aromatic N) is 1. The lowest BCUT2D eigenvalue weighted by Crippen LogP contribution is -2.21. The number of hydrogen-bond donors (Lipinski definition) is 1. The van der Waals surface area contributed by atoms with Crippen molar-refractivity contribution in [2.45, 2.75) is 19.4 Å². The highest BCUT2D eigenvalue weighted by Gasteiger charge is 1.99. The Hall–Kier alpha value is -0.120. The van der Waals surface area contributed by atoms with Crippen molar-refractivity contribution in [1.29, 1.82) is 0 Å². The van der Waals surface area contributed by atoms with Crippen molar-refractivity contribution in [3.63, 3.8) is 0 Å². The van der Waals surface area contributed by atoms with Crippen molar-refractivity contribution in [3.05, 3.63) is 0 Å². The first kappa shape index (κ1) is 10.9. The van der Waals surface area contributed by atoms with Gasteiger partial charge in [-0.05, 0) is 20.5 Å². The number of hydrogen-bond acceptors (Lipinski definition) is 3. The SMILES string of the molecule is CC[C@@H](O)COCCN(C)C. The second-order valence-electron chi connectivity index (χ2n) is 2.94. The summed E-state index contributed by atoms with van der Waals surface area (Å²) in [6, 6.07) is 0. The van der Waals surface area contributed by atoms with Crippen LogP contribution in [-0.4, -0.2) is 50.0 Å². The van der Waals surface area contributed by atoms with Gasteiger partial charge < -0.3 is 14.7 Å². The second-order valence-corrected chi connectivity index (χ2v) is 2.94. The van der Waals surface area contributed by atoms with Crippen molar-refractivity contribution in [1.82, 2.24) is 4.90 Å². The van der Waals surface area contributed by atoms with Gasteiger partial charge in [-0.2, -0.15) is 0 Å². The van der Waals surface area contributed by atoms with Crippen LogP contribution in [0, 0.1) is 0 Å². The molecule has 68 valence electrons. The first-order valence-electron chi connectivity index (χ1n) is 4.07. The van der Waals surface area contributed by atoms with Crippen LogP contribution in [0.3, 0.4) is 0 Å². The van der Waals surface area contributed by atoms with Crippen LogP contribution in [-0.2, 0) is 4.74 Å². The monoisotopic (exact) mass is 161 g/mol. The highest BCUT2D eigenvalue weighted by molar-refractivity contribution is 4.49. The fourth-order valence-electron chi connectivity index (χ4n) is 0.584. The molecule has 0 saturated heterocycles. The highest BCUT2D eigenvalue weighted by atomic mass is 16.5. The minimum absolute atomic E-state index is 0.294. The number of likely N-dealkylation sites (N-methyl/N-ethyl adjacent to an activating group) is 1. The summed E-state index contributed by atoms with van der Waals surface area (Å²) in [4.78, 5) is 2.05. The summed E-state index contributed by atoms with van der Waals surface area (Å²) in [7, 11) is 4.00. The van der Waals surface area contributed by atoms with Crippen LogP contribution < -0.4 is 0 Å². The van der Waals surface area contributed by atoms with Gasteiger partial charge in [-0.3, -0.25) is 0 Å². The Morgan fingerprint density at radius 1 is 1.45 bits per heavy atom. The molecule has 0 aliphatic rings. The van der Waals surface area contributed by atoms with Crippen molar-refractivity contribution in [2.75, 3.05) is 33.9 Å². The third-order valence-electron chi connectivity index (χ3n) is 1.46. The minimum Gasteiger partial charge on any atom is -0.391 e. The molecule has 0 rings (SSSR count). The van der Waals surface area contributed by atoms with Crippen LogP contribution >= 0.6 is 0 Å². The Bertz CT molecular complexity index is 86.2. The van der Waals surface area contributed by atoms with Crippen molar-refractivity contribution < 1.29 is 9.84 Å². The third kappa shape index (κ3) is 7.78. The van der Waals surface area contributed by atoms with Crippen LogP contribution in [0.2, 0.25) is 0 Å². The van der Waals surface area contributed by atoms with Crippen LogP contribution in [0.5, 0.6) is 0 Å². The Morgan fingerprint density at radius 2 is 2.09 bits per heavy atom. The summed E-state index contributed by atoms with van der Waals surface area (Å²) in [6.45, 7) is 4.02. The summed E-state index contributed by atoms with van der Waals surface area (Å²) in [5.41, 5.74) is 0. The molecule has 0 radical (unpaired) electrons. The number of ether oxygens (including phenoxy) is 1. The normalized spacial score (nSPS) is 13.9. The highest BCUT2D eigenvalue weighted by Crippen LogP contribution is 1.90. The maximum absolute atomic E-state index is 9.08. The molecule has 3 heteroatoms. The molecular formula is C8H19NO2. The first-order valence-corrected chi connectivity index (χ1v) is 4.07. The Labute approximate surface area is 69.0 Å². The summed E-state index contributed by atoms with van der Waals surface area (Å²) in [5.74, 6) is 0. The molecule has 1 N–H and O–H groups in total. The van der Waals surface area contributed by atoms with Crippen LogP contribution in [0.25, 0.3) is 0 Å². The predicted molar refractivity (Wildman–Crippen MR) is 45.7 cm³/mol. The van der Waals surface area contributed by atoms with Gasteiger partial charge in [0.05, 0.1) is 19.3 Å². The van der Waals surface area contributed by atoms with E-state index < -0.39 is 0 Å². The van der Waals surface area contributed by atoms with Gasteiger partial charge >= 0.3 is 0 Å². The standard InChI is InChI=1S/C8H19NO2/c1-4-8(10)7-11-6-5-9(2)3/h8,10H,4-7H2,1-3H3/t8-/m1/s1. The molecule has 0 aromatic carbocycles. The van der Waals surface area contributed by atoms with Gasteiger partial charge in [-0.1, -0.05) is 6.92 Å². The lowest BCUT2D eigenvalue weighted by molar-refractivity contribution is 0.0298. The molecule has 11 heavy (non-hydrogen) atoms. The van der Waals surface area contributed by atoms with Gasteiger partial charge in [0.15, 0.2) is 0 Å². The first-order chi connectivity index (χ1) is 5.16. The van der Waals surface area contributed by atoms with E-state index in [1.807, 2.05) is 21.0 Å². The van der Waals surface area contributed by atoms with Gasteiger partial charge in [0.1, 0.15) is 0 Å². The van der Waals surface area contributed by atoms with Gasteiger partial charge in [-0.25, -0.2) is 0 Å². The lowest BCUT2D eigenvalue weighted by Gasteiger charge is -2.11. The molecule has 0 amide bonds. The second kappa shape index (κ2) is 6.58. The topological polar surface area (TPSA) is 32.7 Å². The Morgan fingerprint density at radius 3 is 2.55 bits per heavy atom. The van der Waals surface area contributed by atoms with E-state index in [1.165, 1.54) is 0 Å². The molecule has 0 fully saturated rings. The van der Waals surface area contributed by atoms with E-state index in [0.29, 0.717) is 13.2 Å². The Kier molecular flexibility index (Phi) is 6.51. The molecule has 3 nitrogen and oxygen atoms in total. The molecule has 0 aromatic heterocycles. The largest absolute Gasteiger partial charge is 0.391 e. The fraction of sp³-hybridized carbons (Fsp3) is 1.00. The molecule has 0 aliphatic heterocycles. The molecule has 0 spiro atoms. The lowest BCUT2D eigenvalue weighted by atomic mass is 10.3. The average molecular weight is 161 g/mol. The fourth-order valence-corrected chi connectivity index (χ4v) is 0.584. The van der Waals surface area contributed by atoms with Crippen molar-refractivity contribution in [2.24, 2.45) is 0 Å². The average Bonchev–Trinajstić information content (AvgIpc) is 1.97. The molecule has 0 bridgehead atoms. The van der Waals surface area contributed by atoms with Gasteiger partial charge in [0, 0.05) is 6.54 Å². The molecule has 0 aliphatic carbocycles. The van der Waals surface area contributed by atoms with Gasteiger partial charge in [-0.15, -0.1) is 0 Å². The van der Waals surface area contributed by atoms with Crippen LogP contribution in [0.4, 0.5) is 0 Å². The minimum atomic E-state index is -0.294. The molecule has 0 unspecified atom stereocenters. The van der Waals surface area contributed by atoms with Crippen LogP contribution in [0.15, 0.2) is 0 Å². The summed E-state index contributed by atoms with van der Waals surface area (Å²) in [5, 5.41) is 9.08. The number of rotatable bonds is 6. The Balaban J connectivity index is 3.01. The summed E-state index contributed by atoms with van der Waals surface area (Å²) in [6.07, 6.45) is 0.472. The number of aliphatic hydroxyl groups is 1. The van der Waals surface area contributed by atoms with Crippen LogP contribution in [0.1, 0.15) is 13.3 Å². The maximum Gasteiger partial charge on any atom is 0.0771 e. The zero-order valence-electron chi connectivity index (χ0n) is 7.71. The molecular weight excluding hydrogens is 142 g/mol. The van der Waals surface area contributed by atoms with Crippen molar-refractivity contribution >= 4 is 0 Å². The molecule has 0 heterocycles. The summed E-state index contributed by atoms with van der Waals surface area (Å²) < 4.78 is 5.21.